The van der Waals surface area contributed by atoms with Gasteiger partial charge in [0, 0.05) is 11.6 Å². The number of hydrogen-bond donors (Lipinski definition) is 2. The predicted molar refractivity (Wildman–Crippen MR) is 75.4 cm³/mol. The van der Waals surface area contributed by atoms with Crippen LogP contribution in [0, 0.1) is 6.92 Å². The standard InChI is InChI=1S/C11H14N4O4S2/c1-8-14-9(7-20-8)4-13-21(18,19)10-5-12-15(6-10)3-2-11(16)17/h5-7,13H,2-4H2,1H3,(H,16,17). The van der Waals surface area contributed by atoms with Gasteiger partial charge in [0.25, 0.3) is 0 Å². The third kappa shape index (κ3) is 4.34. The molecule has 0 bridgehead atoms. The van der Waals surface area contributed by atoms with Crippen molar-refractivity contribution in [3.8, 4) is 0 Å². The number of carboxylic acids is 1. The number of aliphatic carboxylic acids is 1. The minimum Gasteiger partial charge on any atom is -0.481 e. The lowest BCUT2D eigenvalue weighted by atomic mass is 10.4. The van der Waals surface area contributed by atoms with Gasteiger partial charge in [0.1, 0.15) is 4.90 Å². The lowest BCUT2D eigenvalue weighted by Crippen LogP contribution is -2.23. The first-order valence-electron chi connectivity index (χ1n) is 6.02. The monoisotopic (exact) mass is 330 g/mol. The van der Waals surface area contributed by atoms with Crippen molar-refractivity contribution in [2.75, 3.05) is 0 Å². The molecule has 0 aliphatic heterocycles. The lowest BCUT2D eigenvalue weighted by molar-refractivity contribution is -0.137. The highest BCUT2D eigenvalue weighted by Gasteiger charge is 2.17. The molecule has 0 atom stereocenters. The van der Waals surface area contributed by atoms with E-state index in [0.29, 0.717) is 5.69 Å². The molecule has 2 aromatic rings. The molecule has 0 saturated heterocycles. The first-order chi connectivity index (χ1) is 9.87. The van der Waals surface area contributed by atoms with E-state index in [9.17, 15) is 13.2 Å². The number of carboxylic acid groups (broad SMARTS) is 1. The number of nitrogens with one attached hydrogen (secondary N) is 1. The van der Waals surface area contributed by atoms with E-state index in [1.165, 1.54) is 28.4 Å². The van der Waals surface area contributed by atoms with Gasteiger partial charge in [-0.2, -0.15) is 5.10 Å². The van der Waals surface area contributed by atoms with Gasteiger partial charge in [0.15, 0.2) is 0 Å². The Morgan fingerprint density at radius 2 is 2.29 bits per heavy atom. The molecule has 0 amide bonds. The van der Waals surface area contributed by atoms with E-state index in [1.54, 1.807) is 5.38 Å². The van der Waals surface area contributed by atoms with Crippen LogP contribution in [0.1, 0.15) is 17.1 Å². The number of thiazole rings is 1. The molecule has 21 heavy (non-hydrogen) atoms. The van der Waals surface area contributed by atoms with E-state index >= 15 is 0 Å². The largest absolute Gasteiger partial charge is 0.481 e. The third-order valence-corrected chi connectivity index (χ3v) is 4.76. The Labute approximate surface area is 125 Å². The molecule has 0 radical (unpaired) electrons. The Balaban J connectivity index is 2.00. The van der Waals surface area contributed by atoms with Crippen LogP contribution < -0.4 is 4.72 Å². The van der Waals surface area contributed by atoms with E-state index in [1.807, 2.05) is 6.92 Å². The fourth-order valence-electron chi connectivity index (χ4n) is 1.56. The van der Waals surface area contributed by atoms with Gasteiger partial charge in [-0.05, 0) is 6.92 Å². The zero-order valence-corrected chi connectivity index (χ0v) is 12.8. The van der Waals surface area contributed by atoms with Gasteiger partial charge >= 0.3 is 5.97 Å². The number of aryl methyl sites for hydroxylation is 2. The van der Waals surface area contributed by atoms with Crippen molar-refractivity contribution in [3.63, 3.8) is 0 Å². The van der Waals surface area contributed by atoms with Crippen LogP contribution in [0.25, 0.3) is 0 Å². The number of nitrogens with zero attached hydrogens (tertiary/aromatic N) is 3. The van der Waals surface area contributed by atoms with Crippen molar-refractivity contribution in [1.82, 2.24) is 19.5 Å². The van der Waals surface area contributed by atoms with Crippen LogP contribution in [0.3, 0.4) is 0 Å². The molecule has 2 rings (SSSR count). The zero-order chi connectivity index (χ0) is 15.5. The fourth-order valence-corrected chi connectivity index (χ4v) is 3.12. The van der Waals surface area contributed by atoms with Crippen molar-refractivity contribution >= 4 is 27.3 Å². The maximum atomic E-state index is 12.1. The first kappa shape index (κ1) is 15.6. The minimum absolute atomic E-state index is 0.000148. The summed E-state index contributed by atoms with van der Waals surface area (Å²) in [5.74, 6) is -0.966. The summed E-state index contributed by atoms with van der Waals surface area (Å²) in [4.78, 5) is 14.6. The molecule has 0 fully saturated rings. The normalized spacial score (nSPS) is 11.7. The second-order valence-electron chi connectivity index (χ2n) is 4.27. The first-order valence-corrected chi connectivity index (χ1v) is 8.38. The van der Waals surface area contributed by atoms with Crippen LogP contribution in [0.5, 0.6) is 0 Å². The van der Waals surface area contributed by atoms with Crippen LogP contribution >= 0.6 is 11.3 Å². The molecular formula is C11H14N4O4S2. The summed E-state index contributed by atoms with van der Waals surface area (Å²) in [5, 5.41) is 15.1. The molecule has 10 heteroatoms. The number of sulfonamides is 1. The molecule has 0 unspecified atom stereocenters. The van der Waals surface area contributed by atoms with Crippen LogP contribution in [0.2, 0.25) is 0 Å². The Bertz CT molecular complexity index is 735. The Morgan fingerprint density at radius 3 is 2.90 bits per heavy atom. The van der Waals surface area contributed by atoms with Gasteiger partial charge in [-0.15, -0.1) is 11.3 Å². The van der Waals surface area contributed by atoms with Crippen LogP contribution in [-0.2, 0) is 27.9 Å². The minimum atomic E-state index is -3.68. The van der Waals surface area contributed by atoms with Gasteiger partial charge in [-0.3, -0.25) is 9.48 Å². The molecule has 0 saturated carbocycles. The summed E-state index contributed by atoms with van der Waals surface area (Å²) in [7, 11) is -3.68. The number of rotatable bonds is 7. The van der Waals surface area contributed by atoms with Gasteiger partial charge < -0.3 is 5.11 Å². The molecule has 8 nitrogen and oxygen atoms in total. The average molecular weight is 330 g/mol. The third-order valence-electron chi connectivity index (χ3n) is 2.58. The van der Waals surface area contributed by atoms with Crippen molar-refractivity contribution in [1.29, 1.82) is 0 Å². The van der Waals surface area contributed by atoms with Crippen LogP contribution in [0.4, 0.5) is 0 Å². The molecule has 2 N–H and O–H groups in total. The van der Waals surface area contributed by atoms with E-state index in [2.05, 4.69) is 14.8 Å². The van der Waals surface area contributed by atoms with Crippen molar-refractivity contribution < 1.29 is 18.3 Å². The molecule has 0 aromatic carbocycles. The zero-order valence-electron chi connectivity index (χ0n) is 11.2. The predicted octanol–water partition coefficient (Wildman–Crippen LogP) is 0.601. The molecular weight excluding hydrogens is 316 g/mol. The highest BCUT2D eigenvalue weighted by atomic mass is 32.2. The topological polar surface area (TPSA) is 114 Å². The molecule has 2 heterocycles. The molecule has 0 aliphatic carbocycles. The van der Waals surface area contributed by atoms with E-state index in [-0.39, 0.29) is 24.4 Å². The quantitative estimate of drug-likeness (QED) is 0.768. The second kappa shape index (κ2) is 6.33. The van der Waals surface area contributed by atoms with Gasteiger partial charge in [0.2, 0.25) is 10.0 Å². The molecule has 114 valence electrons. The summed E-state index contributed by atoms with van der Waals surface area (Å²) >= 11 is 1.45. The van der Waals surface area contributed by atoms with Crippen molar-refractivity contribution in [2.24, 2.45) is 0 Å². The Morgan fingerprint density at radius 1 is 1.52 bits per heavy atom. The summed E-state index contributed by atoms with van der Waals surface area (Å²) < 4.78 is 27.8. The molecule has 2 aromatic heterocycles. The fraction of sp³-hybridized carbons (Fsp3) is 0.364. The summed E-state index contributed by atoms with van der Waals surface area (Å²) in [5.41, 5.74) is 0.652. The van der Waals surface area contributed by atoms with E-state index in [0.717, 1.165) is 5.01 Å². The van der Waals surface area contributed by atoms with Crippen molar-refractivity contribution in [2.45, 2.75) is 31.3 Å². The van der Waals surface area contributed by atoms with Crippen molar-refractivity contribution in [3.05, 3.63) is 28.5 Å². The van der Waals surface area contributed by atoms with Gasteiger partial charge in [-0.1, -0.05) is 0 Å². The van der Waals surface area contributed by atoms with Crippen LogP contribution in [-0.4, -0.2) is 34.3 Å². The van der Waals surface area contributed by atoms with Gasteiger partial charge in [0.05, 0.1) is 36.4 Å². The molecule has 0 spiro atoms. The molecule has 0 aliphatic rings. The van der Waals surface area contributed by atoms with Crippen LogP contribution in [0.15, 0.2) is 22.7 Å². The Hall–Kier alpha value is -1.78. The van der Waals surface area contributed by atoms with E-state index in [4.69, 9.17) is 5.11 Å². The number of hydrogen-bond acceptors (Lipinski definition) is 6. The summed E-state index contributed by atoms with van der Waals surface area (Å²) in [6, 6.07) is 0. The van der Waals surface area contributed by atoms with E-state index < -0.39 is 16.0 Å². The Kier molecular flexibility index (Phi) is 4.70. The number of carbonyl (C=O) groups is 1. The average Bonchev–Trinajstić information content (AvgIpc) is 3.03. The lowest BCUT2D eigenvalue weighted by Gasteiger charge is -2.02. The second-order valence-corrected chi connectivity index (χ2v) is 7.09. The SMILES string of the molecule is Cc1nc(CNS(=O)(=O)c2cnn(CCC(=O)O)c2)cs1. The maximum Gasteiger partial charge on any atom is 0.305 e. The van der Waals surface area contributed by atoms with Gasteiger partial charge in [-0.25, -0.2) is 18.1 Å². The highest BCUT2D eigenvalue weighted by Crippen LogP contribution is 2.11. The smallest absolute Gasteiger partial charge is 0.305 e. The summed E-state index contributed by atoms with van der Waals surface area (Å²) in [6.45, 7) is 2.07. The highest BCUT2D eigenvalue weighted by molar-refractivity contribution is 7.89. The summed E-state index contributed by atoms with van der Waals surface area (Å²) in [6.07, 6.45) is 2.38. The number of aromatic nitrogens is 3. The maximum absolute atomic E-state index is 12.1.